The summed E-state index contributed by atoms with van der Waals surface area (Å²) in [5.74, 6) is 0.157. The van der Waals surface area contributed by atoms with Crippen molar-refractivity contribution in [1.82, 2.24) is 9.80 Å². The van der Waals surface area contributed by atoms with Gasteiger partial charge in [0.25, 0.3) is 0 Å². The molecule has 5 nitrogen and oxygen atoms in total. The second-order valence-electron chi connectivity index (χ2n) is 5.10. The molecule has 2 atom stereocenters. The maximum atomic E-state index is 12.0. The van der Waals surface area contributed by atoms with Gasteiger partial charge in [-0.25, -0.2) is 0 Å². The highest BCUT2D eigenvalue weighted by Gasteiger charge is 2.26. The number of amides is 1. The van der Waals surface area contributed by atoms with Crippen molar-refractivity contribution in [3.63, 3.8) is 0 Å². The molecule has 0 saturated carbocycles. The monoisotopic (exact) mass is 243 g/mol. The number of ether oxygens (including phenoxy) is 1. The Bertz CT molecular complexity index is 258. The molecule has 0 aromatic rings. The lowest BCUT2D eigenvalue weighted by Gasteiger charge is -2.36. The normalized spacial score (nSPS) is 26.2. The molecule has 1 aliphatic heterocycles. The molecule has 1 fully saturated rings. The molecule has 0 aliphatic carbocycles. The third kappa shape index (κ3) is 4.26. The van der Waals surface area contributed by atoms with E-state index >= 15 is 0 Å². The summed E-state index contributed by atoms with van der Waals surface area (Å²) in [7, 11) is 1.84. The van der Waals surface area contributed by atoms with Gasteiger partial charge in [0.2, 0.25) is 5.91 Å². The summed E-state index contributed by atoms with van der Waals surface area (Å²) in [6.45, 7) is 8.57. The zero-order valence-corrected chi connectivity index (χ0v) is 11.3. The third-order valence-electron chi connectivity index (χ3n) is 3.19. The van der Waals surface area contributed by atoms with E-state index < -0.39 is 0 Å². The van der Waals surface area contributed by atoms with Crippen molar-refractivity contribution in [1.29, 1.82) is 0 Å². The standard InChI is InChI=1S/C12H25N3O2/c1-9(2)14(4)12(16)8-15-6-10(3)17-11(5-13)7-15/h9-11H,5-8,13H2,1-4H3. The summed E-state index contributed by atoms with van der Waals surface area (Å²) < 4.78 is 5.66. The smallest absolute Gasteiger partial charge is 0.236 e. The van der Waals surface area contributed by atoms with Gasteiger partial charge in [-0.15, -0.1) is 0 Å². The SMILES string of the molecule is CC1CN(CC(=O)N(C)C(C)C)CC(CN)O1. The highest BCUT2D eigenvalue weighted by molar-refractivity contribution is 5.78. The van der Waals surface area contributed by atoms with E-state index in [-0.39, 0.29) is 24.2 Å². The lowest BCUT2D eigenvalue weighted by molar-refractivity contribution is -0.136. The molecule has 0 aromatic heterocycles. The predicted molar refractivity (Wildman–Crippen MR) is 67.7 cm³/mol. The van der Waals surface area contributed by atoms with Crippen LogP contribution in [0.3, 0.4) is 0 Å². The van der Waals surface area contributed by atoms with Crippen molar-refractivity contribution in [3.05, 3.63) is 0 Å². The van der Waals surface area contributed by atoms with Crippen LogP contribution in [0.2, 0.25) is 0 Å². The number of nitrogens with two attached hydrogens (primary N) is 1. The molecule has 0 radical (unpaired) electrons. The number of hydrogen-bond donors (Lipinski definition) is 1. The molecule has 2 N–H and O–H groups in total. The summed E-state index contributed by atoms with van der Waals surface area (Å²) in [6, 6.07) is 0.242. The van der Waals surface area contributed by atoms with Crippen LogP contribution in [0.25, 0.3) is 0 Å². The van der Waals surface area contributed by atoms with Gasteiger partial charge in [0.1, 0.15) is 0 Å². The molecule has 1 rings (SSSR count). The first-order chi connectivity index (χ1) is 7.93. The second kappa shape index (κ2) is 6.33. The second-order valence-corrected chi connectivity index (χ2v) is 5.10. The quantitative estimate of drug-likeness (QED) is 0.749. The van der Waals surface area contributed by atoms with E-state index in [1.807, 2.05) is 27.8 Å². The highest BCUT2D eigenvalue weighted by Crippen LogP contribution is 2.10. The van der Waals surface area contributed by atoms with Gasteiger partial charge in [-0.05, 0) is 20.8 Å². The minimum atomic E-state index is 0.0518. The highest BCUT2D eigenvalue weighted by atomic mass is 16.5. The van der Waals surface area contributed by atoms with Crippen LogP contribution in [0.4, 0.5) is 0 Å². The van der Waals surface area contributed by atoms with Crippen molar-refractivity contribution < 1.29 is 9.53 Å². The van der Waals surface area contributed by atoms with Crippen molar-refractivity contribution >= 4 is 5.91 Å². The van der Waals surface area contributed by atoms with Gasteiger partial charge in [0.05, 0.1) is 18.8 Å². The largest absolute Gasteiger partial charge is 0.371 e. The zero-order chi connectivity index (χ0) is 13.0. The average molecular weight is 243 g/mol. The van der Waals surface area contributed by atoms with Crippen LogP contribution in [0, 0.1) is 0 Å². The Balaban J connectivity index is 2.47. The molecular weight excluding hydrogens is 218 g/mol. The Labute approximate surface area is 104 Å². The Kier molecular flexibility index (Phi) is 5.36. The molecule has 1 saturated heterocycles. The predicted octanol–water partition coefficient (Wildman–Crippen LogP) is -0.0988. The van der Waals surface area contributed by atoms with E-state index in [0.29, 0.717) is 13.1 Å². The summed E-state index contributed by atoms with van der Waals surface area (Å²) in [5, 5.41) is 0. The fraction of sp³-hybridized carbons (Fsp3) is 0.917. The molecule has 2 unspecified atom stereocenters. The van der Waals surface area contributed by atoms with Crippen LogP contribution < -0.4 is 5.73 Å². The Morgan fingerprint density at radius 3 is 2.71 bits per heavy atom. The minimum Gasteiger partial charge on any atom is -0.371 e. The molecule has 0 aromatic carbocycles. The molecular formula is C12H25N3O2. The van der Waals surface area contributed by atoms with Gasteiger partial charge in [0, 0.05) is 32.7 Å². The molecule has 100 valence electrons. The van der Waals surface area contributed by atoms with Crippen LogP contribution in [-0.4, -0.2) is 67.2 Å². The van der Waals surface area contributed by atoms with Crippen molar-refractivity contribution in [3.8, 4) is 0 Å². The molecule has 1 aliphatic rings. The van der Waals surface area contributed by atoms with Gasteiger partial charge in [-0.1, -0.05) is 0 Å². The van der Waals surface area contributed by atoms with Crippen molar-refractivity contribution in [2.24, 2.45) is 5.73 Å². The molecule has 0 bridgehead atoms. The van der Waals surface area contributed by atoms with Crippen molar-refractivity contribution in [2.45, 2.75) is 39.0 Å². The van der Waals surface area contributed by atoms with E-state index in [0.717, 1.165) is 13.1 Å². The van der Waals surface area contributed by atoms with Crippen LogP contribution in [0.1, 0.15) is 20.8 Å². The van der Waals surface area contributed by atoms with E-state index in [9.17, 15) is 4.79 Å². The zero-order valence-electron chi connectivity index (χ0n) is 11.3. The minimum absolute atomic E-state index is 0.0518. The van der Waals surface area contributed by atoms with Crippen LogP contribution in [0.15, 0.2) is 0 Å². The van der Waals surface area contributed by atoms with E-state index in [1.54, 1.807) is 4.90 Å². The Morgan fingerprint density at radius 1 is 1.53 bits per heavy atom. The van der Waals surface area contributed by atoms with Crippen LogP contribution >= 0.6 is 0 Å². The first-order valence-electron chi connectivity index (χ1n) is 6.27. The number of nitrogens with zero attached hydrogens (tertiary/aromatic N) is 2. The summed E-state index contributed by atoms with van der Waals surface area (Å²) in [5.41, 5.74) is 5.62. The summed E-state index contributed by atoms with van der Waals surface area (Å²) in [4.78, 5) is 15.9. The number of hydrogen-bond acceptors (Lipinski definition) is 4. The molecule has 1 amide bonds. The average Bonchev–Trinajstić information content (AvgIpc) is 2.26. The summed E-state index contributed by atoms with van der Waals surface area (Å²) >= 11 is 0. The summed E-state index contributed by atoms with van der Waals surface area (Å²) in [6.07, 6.45) is 0.199. The molecule has 17 heavy (non-hydrogen) atoms. The number of morpholine rings is 1. The number of carbonyl (C=O) groups excluding carboxylic acids is 1. The van der Waals surface area contributed by atoms with Gasteiger partial charge in [-0.3, -0.25) is 9.69 Å². The van der Waals surface area contributed by atoms with Gasteiger partial charge in [0.15, 0.2) is 0 Å². The Morgan fingerprint density at radius 2 is 2.18 bits per heavy atom. The first kappa shape index (κ1) is 14.4. The maximum absolute atomic E-state index is 12.0. The van der Waals surface area contributed by atoms with Gasteiger partial charge in [-0.2, -0.15) is 0 Å². The number of rotatable bonds is 4. The van der Waals surface area contributed by atoms with Gasteiger partial charge >= 0.3 is 0 Å². The maximum Gasteiger partial charge on any atom is 0.236 e. The Hall–Kier alpha value is -0.650. The number of carbonyl (C=O) groups is 1. The fourth-order valence-electron chi connectivity index (χ4n) is 1.99. The van der Waals surface area contributed by atoms with E-state index in [1.165, 1.54) is 0 Å². The van der Waals surface area contributed by atoms with Crippen molar-refractivity contribution in [2.75, 3.05) is 33.2 Å². The van der Waals surface area contributed by atoms with Crippen LogP contribution in [0.5, 0.6) is 0 Å². The van der Waals surface area contributed by atoms with Crippen LogP contribution in [-0.2, 0) is 9.53 Å². The van der Waals surface area contributed by atoms with Gasteiger partial charge < -0.3 is 15.4 Å². The topological polar surface area (TPSA) is 58.8 Å². The lowest BCUT2D eigenvalue weighted by Crippen LogP contribution is -2.52. The lowest BCUT2D eigenvalue weighted by atomic mass is 10.2. The third-order valence-corrected chi connectivity index (χ3v) is 3.19. The molecule has 5 heteroatoms. The first-order valence-corrected chi connectivity index (χ1v) is 6.27. The molecule has 0 spiro atoms. The fourth-order valence-corrected chi connectivity index (χ4v) is 1.99. The van der Waals surface area contributed by atoms with E-state index in [4.69, 9.17) is 10.5 Å². The molecule has 1 heterocycles. The number of likely N-dealkylation sites (N-methyl/N-ethyl adjacent to an activating group) is 1. The van der Waals surface area contributed by atoms with E-state index in [2.05, 4.69) is 4.90 Å².